The van der Waals surface area contributed by atoms with Crippen molar-refractivity contribution in [3.05, 3.63) is 11.7 Å². The van der Waals surface area contributed by atoms with Crippen molar-refractivity contribution in [1.82, 2.24) is 0 Å². The molecular weight excluding hydrogens is 157 g/mol. The van der Waals surface area contributed by atoms with Crippen molar-refractivity contribution in [1.29, 1.82) is 0 Å². The average Bonchev–Trinajstić information content (AvgIpc) is 1.69. The highest BCUT2D eigenvalue weighted by molar-refractivity contribution is 6.23. The molecule has 0 N–H and O–H groups in total. The normalized spacial score (nSPS) is 9.00. The lowest BCUT2D eigenvalue weighted by Crippen LogP contribution is -1.86. The molecule has 4 heteroatoms. The maximum Gasteiger partial charge on any atom is 0.271 e. The van der Waals surface area contributed by atoms with Crippen LogP contribution in [0.1, 0.15) is 0 Å². The highest BCUT2D eigenvalue weighted by atomic mass is 35.5. The minimum Gasteiger partial charge on any atom is -0.173 e. The van der Waals surface area contributed by atoms with E-state index in [-0.39, 0.29) is 17.3 Å². The Morgan fingerprint density at radius 2 is 1.50 bits per heavy atom. The molecule has 0 aromatic carbocycles. The Morgan fingerprint density at radius 3 is 1.50 bits per heavy atom. The Balaban J connectivity index is 3.86. The minimum atomic E-state index is -1.77. The lowest BCUT2D eigenvalue weighted by Gasteiger charge is -1.90. The molecule has 0 aromatic rings. The van der Waals surface area contributed by atoms with Gasteiger partial charge in [0, 0.05) is 5.57 Å². The van der Waals surface area contributed by atoms with Gasteiger partial charge in [-0.1, -0.05) is 0 Å². The zero-order chi connectivity index (χ0) is 6.57. The van der Waals surface area contributed by atoms with Crippen LogP contribution in [-0.4, -0.2) is 11.8 Å². The second-order valence-corrected chi connectivity index (χ2v) is 1.67. The summed E-state index contributed by atoms with van der Waals surface area (Å²) in [6, 6.07) is 0. The quantitative estimate of drug-likeness (QED) is 0.546. The van der Waals surface area contributed by atoms with E-state index in [0.717, 1.165) is 0 Å². The molecule has 0 atom stereocenters. The Hall–Kier alpha value is 0.180. The van der Waals surface area contributed by atoms with Gasteiger partial charge in [-0.2, -0.15) is 8.78 Å². The molecule has 0 saturated carbocycles. The van der Waals surface area contributed by atoms with E-state index in [9.17, 15) is 8.78 Å². The van der Waals surface area contributed by atoms with Gasteiger partial charge in [0.1, 0.15) is 0 Å². The molecule has 0 nitrogen and oxygen atoms in total. The summed E-state index contributed by atoms with van der Waals surface area (Å²) in [5.41, 5.74) is -0.201. The standard InChI is InChI=1S/C4H4Cl2F2/c5-1-3(2-6)4(7)8/h1-2H2. The van der Waals surface area contributed by atoms with E-state index in [1.807, 2.05) is 0 Å². The van der Waals surface area contributed by atoms with Gasteiger partial charge in [-0.15, -0.1) is 23.2 Å². The van der Waals surface area contributed by atoms with E-state index in [2.05, 4.69) is 0 Å². The maximum absolute atomic E-state index is 11.4. The maximum atomic E-state index is 11.4. The van der Waals surface area contributed by atoms with Crippen LogP contribution in [-0.2, 0) is 0 Å². The van der Waals surface area contributed by atoms with Crippen molar-refractivity contribution in [2.45, 2.75) is 0 Å². The fourth-order valence-electron chi connectivity index (χ4n) is 0.137. The molecule has 8 heavy (non-hydrogen) atoms. The number of alkyl halides is 2. The van der Waals surface area contributed by atoms with E-state index in [0.29, 0.717) is 0 Å². The van der Waals surface area contributed by atoms with Crippen molar-refractivity contribution >= 4 is 23.2 Å². The first-order valence-electron chi connectivity index (χ1n) is 1.87. The molecule has 0 rings (SSSR count). The van der Waals surface area contributed by atoms with E-state index in [1.54, 1.807) is 0 Å². The Kier molecular flexibility index (Phi) is 4.19. The molecular formula is C4H4Cl2F2. The first-order valence-corrected chi connectivity index (χ1v) is 2.94. The molecule has 0 radical (unpaired) electrons. The SMILES string of the molecule is FC(F)=C(CCl)CCl. The molecule has 48 valence electrons. The first-order chi connectivity index (χ1) is 3.72. The highest BCUT2D eigenvalue weighted by Gasteiger charge is 2.00. The first kappa shape index (κ1) is 8.18. The molecule has 0 aliphatic heterocycles. The van der Waals surface area contributed by atoms with Gasteiger partial charge in [-0.25, -0.2) is 0 Å². The molecule has 0 saturated heterocycles. The van der Waals surface area contributed by atoms with Gasteiger partial charge in [0.05, 0.1) is 11.8 Å². The van der Waals surface area contributed by atoms with E-state index >= 15 is 0 Å². The molecule has 0 bridgehead atoms. The van der Waals surface area contributed by atoms with Crippen molar-refractivity contribution in [3.63, 3.8) is 0 Å². The minimum absolute atomic E-state index is 0.189. The summed E-state index contributed by atoms with van der Waals surface area (Å²) in [6.45, 7) is 0. The van der Waals surface area contributed by atoms with Crippen LogP contribution in [0.4, 0.5) is 8.78 Å². The molecule has 0 unspecified atom stereocenters. The summed E-state index contributed by atoms with van der Waals surface area (Å²) in [7, 11) is 0. The van der Waals surface area contributed by atoms with E-state index in [4.69, 9.17) is 23.2 Å². The van der Waals surface area contributed by atoms with E-state index < -0.39 is 6.08 Å². The number of halogens is 4. The fraction of sp³-hybridized carbons (Fsp3) is 0.500. The zero-order valence-corrected chi connectivity index (χ0v) is 5.44. The highest BCUT2D eigenvalue weighted by Crippen LogP contribution is 2.10. The summed E-state index contributed by atoms with van der Waals surface area (Å²) in [4.78, 5) is 0. The summed E-state index contributed by atoms with van der Waals surface area (Å²) in [5.74, 6) is -0.377. The summed E-state index contributed by atoms with van der Waals surface area (Å²) >= 11 is 10.1. The molecule has 0 aliphatic rings. The zero-order valence-electron chi connectivity index (χ0n) is 3.93. The summed E-state index contributed by atoms with van der Waals surface area (Å²) in [5, 5.41) is 0. The Bertz CT molecular complexity index is 90.2. The lowest BCUT2D eigenvalue weighted by atomic mass is 10.4. The monoisotopic (exact) mass is 160 g/mol. The van der Waals surface area contributed by atoms with Gasteiger partial charge in [0.2, 0.25) is 0 Å². The Labute approximate surface area is 56.1 Å². The van der Waals surface area contributed by atoms with Crippen LogP contribution in [0.3, 0.4) is 0 Å². The van der Waals surface area contributed by atoms with Gasteiger partial charge in [0.15, 0.2) is 0 Å². The van der Waals surface area contributed by atoms with Gasteiger partial charge in [0.25, 0.3) is 6.08 Å². The third-order valence-electron chi connectivity index (χ3n) is 0.590. The number of hydrogen-bond acceptors (Lipinski definition) is 0. The van der Waals surface area contributed by atoms with Crippen LogP contribution in [0.5, 0.6) is 0 Å². The van der Waals surface area contributed by atoms with Crippen LogP contribution >= 0.6 is 23.2 Å². The number of rotatable bonds is 2. The van der Waals surface area contributed by atoms with Crippen molar-refractivity contribution < 1.29 is 8.78 Å². The smallest absolute Gasteiger partial charge is 0.173 e. The van der Waals surface area contributed by atoms with Crippen molar-refractivity contribution in [2.24, 2.45) is 0 Å². The van der Waals surface area contributed by atoms with Gasteiger partial charge in [-0.3, -0.25) is 0 Å². The molecule has 0 heterocycles. The molecule has 0 aromatic heterocycles. The number of hydrogen-bond donors (Lipinski definition) is 0. The van der Waals surface area contributed by atoms with Crippen LogP contribution in [0, 0.1) is 0 Å². The lowest BCUT2D eigenvalue weighted by molar-refractivity contribution is 0.412. The molecule has 0 fully saturated rings. The van der Waals surface area contributed by atoms with Gasteiger partial charge >= 0.3 is 0 Å². The molecule has 0 amide bonds. The van der Waals surface area contributed by atoms with Gasteiger partial charge < -0.3 is 0 Å². The van der Waals surface area contributed by atoms with E-state index in [1.165, 1.54) is 0 Å². The average molecular weight is 161 g/mol. The Morgan fingerprint density at radius 1 is 1.12 bits per heavy atom. The van der Waals surface area contributed by atoms with Crippen LogP contribution in [0.15, 0.2) is 11.7 Å². The third kappa shape index (κ3) is 2.48. The van der Waals surface area contributed by atoms with Crippen LogP contribution in [0.25, 0.3) is 0 Å². The summed E-state index contributed by atoms with van der Waals surface area (Å²) in [6.07, 6.45) is -1.77. The largest absolute Gasteiger partial charge is 0.271 e. The topological polar surface area (TPSA) is 0 Å². The van der Waals surface area contributed by atoms with Crippen LogP contribution < -0.4 is 0 Å². The number of allylic oxidation sites excluding steroid dienone is 1. The van der Waals surface area contributed by atoms with Crippen LogP contribution in [0.2, 0.25) is 0 Å². The van der Waals surface area contributed by atoms with Crippen molar-refractivity contribution in [3.8, 4) is 0 Å². The fourth-order valence-corrected chi connectivity index (χ4v) is 0.624. The molecule has 0 spiro atoms. The van der Waals surface area contributed by atoms with Gasteiger partial charge in [-0.05, 0) is 0 Å². The predicted octanol–water partition coefficient (Wildman–Crippen LogP) is 2.61. The predicted molar refractivity (Wildman–Crippen MR) is 30.7 cm³/mol. The molecule has 0 aliphatic carbocycles. The van der Waals surface area contributed by atoms with Crippen molar-refractivity contribution in [2.75, 3.05) is 11.8 Å². The second-order valence-electron chi connectivity index (χ2n) is 1.13. The third-order valence-corrected chi connectivity index (χ3v) is 1.24. The second kappa shape index (κ2) is 4.10. The summed E-state index contributed by atoms with van der Waals surface area (Å²) < 4.78 is 22.8.